The molecule has 0 bridgehead atoms. The zero-order chi connectivity index (χ0) is 19.4. The van der Waals surface area contributed by atoms with Crippen LogP contribution >= 0.6 is 0 Å². The van der Waals surface area contributed by atoms with Crippen molar-refractivity contribution in [3.05, 3.63) is 35.9 Å². The average molecular weight is 387 g/mol. The molecule has 0 atom stereocenters. The summed E-state index contributed by atoms with van der Waals surface area (Å²) in [5.74, 6) is 1.93. The van der Waals surface area contributed by atoms with Crippen LogP contribution in [-0.2, 0) is 11.3 Å². The molecule has 0 amide bonds. The molecule has 1 aliphatic heterocycles. The van der Waals surface area contributed by atoms with Gasteiger partial charge in [0.25, 0.3) is 0 Å². The minimum Gasteiger partial charge on any atom is -0.378 e. The van der Waals surface area contributed by atoms with E-state index in [1.807, 2.05) is 7.05 Å². The van der Waals surface area contributed by atoms with E-state index in [0.29, 0.717) is 6.10 Å². The topological polar surface area (TPSA) is 48.9 Å². The third-order valence-electron chi connectivity index (χ3n) is 5.75. The molecule has 3 rings (SSSR count). The molecule has 1 saturated heterocycles. The van der Waals surface area contributed by atoms with Crippen LogP contribution in [-0.4, -0.2) is 56.8 Å². The van der Waals surface area contributed by atoms with E-state index in [4.69, 9.17) is 4.74 Å². The van der Waals surface area contributed by atoms with E-state index in [2.05, 4.69) is 50.9 Å². The number of ether oxygens (including phenoxy) is 1. The summed E-state index contributed by atoms with van der Waals surface area (Å²) in [4.78, 5) is 6.84. The van der Waals surface area contributed by atoms with Crippen molar-refractivity contribution in [1.82, 2.24) is 15.5 Å². The van der Waals surface area contributed by atoms with Crippen molar-refractivity contribution >= 4 is 5.96 Å². The van der Waals surface area contributed by atoms with Crippen molar-refractivity contribution in [3.63, 3.8) is 0 Å². The number of piperidine rings is 1. The average Bonchev–Trinajstić information content (AvgIpc) is 3.56. The van der Waals surface area contributed by atoms with Crippen LogP contribution in [0.15, 0.2) is 35.3 Å². The largest absolute Gasteiger partial charge is 0.378 e. The Morgan fingerprint density at radius 2 is 1.75 bits per heavy atom. The van der Waals surface area contributed by atoms with Crippen LogP contribution in [0.1, 0.15) is 50.5 Å². The predicted octanol–water partition coefficient (Wildman–Crippen LogP) is 3.41. The highest BCUT2D eigenvalue weighted by molar-refractivity contribution is 5.79. The summed E-state index contributed by atoms with van der Waals surface area (Å²) >= 11 is 0. The van der Waals surface area contributed by atoms with Crippen molar-refractivity contribution in [2.24, 2.45) is 10.9 Å². The summed E-state index contributed by atoms with van der Waals surface area (Å²) in [6.07, 6.45) is 9.23. The minimum absolute atomic E-state index is 0.423. The van der Waals surface area contributed by atoms with Gasteiger partial charge in [0, 0.05) is 46.4 Å². The van der Waals surface area contributed by atoms with Crippen molar-refractivity contribution in [2.75, 3.05) is 39.8 Å². The maximum absolute atomic E-state index is 6.10. The second kappa shape index (κ2) is 12.1. The molecule has 0 spiro atoms. The second-order valence-electron chi connectivity index (χ2n) is 8.20. The van der Waals surface area contributed by atoms with Crippen molar-refractivity contribution in [1.29, 1.82) is 0 Å². The molecule has 28 heavy (non-hydrogen) atoms. The van der Waals surface area contributed by atoms with Crippen LogP contribution in [0.3, 0.4) is 0 Å². The van der Waals surface area contributed by atoms with Crippen LogP contribution in [0.5, 0.6) is 0 Å². The Hall–Kier alpha value is -1.59. The Bertz CT molecular complexity index is 565. The van der Waals surface area contributed by atoms with Gasteiger partial charge in [-0.1, -0.05) is 43.2 Å². The maximum Gasteiger partial charge on any atom is 0.190 e. The lowest BCUT2D eigenvalue weighted by Crippen LogP contribution is -2.39. The standard InChI is InChI=1S/C23H38N4O/c1-24-23(25-14-5-9-20-10-11-20)26-15-6-18-28-22-12-16-27(17-13-22)19-21-7-3-2-4-8-21/h2-4,7-8,20,22H,5-6,9-19H2,1H3,(H2,24,25,26). The Labute approximate surface area is 170 Å². The number of likely N-dealkylation sites (tertiary alicyclic amines) is 1. The summed E-state index contributed by atoms with van der Waals surface area (Å²) in [6, 6.07) is 10.8. The maximum atomic E-state index is 6.10. The third kappa shape index (κ3) is 8.19. The lowest BCUT2D eigenvalue weighted by atomic mass is 10.1. The molecule has 1 saturated carbocycles. The number of benzene rings is 1. The molecule has 1 aliphatic carbocycles. The Kier molecular flexibility index (Phi) is 9.11. The van der Waals surface area contributed by atoms with Gasteiger partial charge in [-0.05, 0) is 43.6 Å². The minimum atomic E-state index is 0.423. The van der Waals surface area contributed by atoms with Crippen molar-refractivity contribution < 1.29 is 4.74 Å². The van der Waals surface area contributed by atoms with Crippen LogP contribution in [0.25, 0.3) is 0 Å². The lowest BCUT2D eigenvalue weighted by molar-refractivity contribution is 0.00534. The van der Waals surface area contributed by atoms with Gasteiger partial charge in [-0.15, -0.1) is 0 Å². The number of nitrogens with zero attached hydrogens (tertiary/aromatic N) is 2. The van der Waals surface area contributed by atoms with Crippen LogP contribution < -0.4 is 10.6 Å². The monoisotopic (exact) mass is 386 g/mol. The number of hydrogen-bond acceptors (Lipinski definition) is 3. The number of hydrogen-bond donors (Lipinski definition) is 2. The highest BCUT2D eigenvalue weighted by Crippen LogP contribution is 2.33. The first kappa shape index (κ1) is 21.1. The van der Waals surface area contributed by atoms with E-state index >= 15 is 0 Å². The number of rotatable bonds is 11. The summed E-state index contributed by atoms with van der Waals surface area (Å²) in [7, 11) is 1.84. The van der Waals surface area contributed by atoms with E-state index in [1.54, 1.807) is 0 Å². The highest BCUT2D eigenvalue weighted by atomic mass is 16.5. The first-order valence-corrected chi connectivity index (χ1v) is 11.2. The van der Waals surface area contributed by atoms with E-state index in [-0.39, 0.29) is 0 Å². The van der Waals surface area contributed by atoms with E-state index in [0.717, 1.165) is 70.5 Å². The van der Waals surface area contributed by atoms with E-state index in [9.17, 15) is 0 Å². The zero-order valence-corrected chi connectivity index (χ0v) is 17.5. The molecule has 0 unspecified atom stereocenters. The van der Waals surface area contributed by atoms with Gasteiger partial charge in [0.2, 0.25) is 0 Å². The highest BCUT2D eigenvalue weighted by Gasteiger charge is 2.20. The first-order valence-electron chi connectivity index (χ1n) is 11.2. The zero-order valence-electron chi connectivity index (χ0n) is 17.5. The number of nitrogens with one attached hydrogen (secondary N) is 2. The summed E-state index contributed by atoms with van der Waals surface area (Å²) < 4.78 is 6.10. The van der Waals surface area contributed by atoms with E-state index in [1.165, 1.54) is 31.2 Å². The van der Waals surface area contributed by atoms with Crippen molar-refractivity contribution in [3.8, 4) is 0 Å². The second-order valence-corrected chi connectivity index (χ2v) is 8.20. The normalized spacial score (nSPS) is 19.0. The van der Waals surface area contributed by atoms with Crippen LogP contribution in [0.4, 0.5) is 0 Å². The summed E-state index contributed by atoms with van der Waals surface area (Å²) in [5.41, 5.74) is 1.41. The number of aliphatic imine (C=N–C) groups is 1. The van der Waals surface area contributed by atoms with Crippen LogP contribution in [0.2, 0.25) is 0 Å². The number of guanidine groups is 1. The molecule has 2 aliphatic rings. The molecule has 5 nitrogen and oxygen atoms in total. The molecule has 156 valence electrons. The molecule has 5 heteroatoms. The molecule has 2 N–H and O–H groups in total. The van der Waals surface area contributed by atoms with Gasteiger partial charge in [0.1, 0.15) is 0 Å². The molecule has 1 aromatic carbocycles. The first-order chi connectivity index (χ1) is 13.8. The molecule has 0 radical (unpaired) electrons. The Balaban J connectivity index is 1.18. The fraction of sp³-hybridized carbons (Fsp3) is 0.696. The molecular weight excluding hydrogens is 348 g/mol. The van der Waals surface area contributed by atoms with Gasteiger partial charge in [0.15, 0.2) is 5.96 Å². The Morgan fingerprint density at radius 3 is 2.43 bits per heavy atom. The van der Waals surface area contributed by atoms with Gasteiger partial charge in [0.05, 0.1) is 6.10 Å². The molecule has 1 aromatic rings. The van der Waals surface area contributed by atoms with Crippen LogP contribution in [0, 0.1) is 5.92 Å². The summed E-state index contributed by atoms with van der Waals surface area (Å²) in [5, 5.41) is 6.81. The summed E-state index contributed by atoms with van der Waals surface area (Å²) in [6.45, 7) is 6.09. The van der Waals surface area contributed by atoms with Gasteiger partial charge in [-0.25, -0.2) is 0 Å². The van der Waals surface area contributed by atoms with Gasteiger partial charge < -0.3 is 15.4 Å². The lowest BCUT2D eigenvalue weighted by Gasteiger charge is -2.32. The quantitative estimate of drug-likeness (QED) is 0.348. The van der Waals surface area contributed by atoms with Crippen molar-refractivity contribution in [2.45, 2.75) is 57.6 Å². The molecule has 1 heterocycles. The predicted molar refractivity (Wildman–Crippen MR) is 117 cm³/mol. The third-order valence-corrected chi connectivity index (χ3v) is 5.75. The fourth-order valence-electron chi connectivity index (χ4n) is 3.83. The van der Waals surface area contributed by atoms with Gasteiger partial charge in [-0.2, -0.15) is 0 Å². The molecular formula is C23H38N4O. The van der Waals surface area contributed by atoms with E-state index < -0.39 is 0 Å². The molecule has 0 aromatic heterocycles. The molecule has 2 fully saturated rings. The fourth-order valence-corrected chi connectivity index (χ4v) is 3.83. The van der Waals surface area contributed by atoms with Gasteiger partial charge in [-0.3, -0.25) is 9.89 Å². The smallest absolute Gasteiger partial charge is 0.190 e. The Morgan fingerprint density at radius 1 is 1.04 bits per heavy atom. The van der Waals surface area contributed by atoms with Gasteiger partial charge >= 0.3 is 0 Å². The SMILES string of the molecule is CN=C(NCCCOC1CCN(Cc2ccccc2)CC1)NCCCC1CC1.